The maximum absolute atomic E-state index is 5.14. The number of nitrogens with zero attached hydrogens (tertiary/aromatic N) is 6. The molecule has 1 aromatic heterocycles. The summed E-state index contributed by atoms with van der Waals surface area (Å²) >= 11 is 0. The SMILES string of the molecule is C=NC1CC(C)(C)N(c2nc(NCC)nc(N3C(C)(C)CCCC3(C)C)n2)C(C)(C)C1. The van der Waals surface area contributed by atoms with Crippen molar-refractivity contribution < 1.29 is 0 Å². The third-order valence-electron chi connectivity index (χ3n) is 7.07. The van der Waals surface area contributed by atoms with Gasteiger partial charge in [0.15, 0.2) is 0 Å². The number of rotatable bonds is 5. The number of hydrogen-bond donors (Lipinski definition) is 1. The van der Waals surface area contributed by atoms with E-state index in [-0.39, 0.29) is 28.2 Å². The number of nitrogens with one attached hydrogen (secondary N) is 1. The standard InChI is InChI=1S/C24H43N7/c1-11-26-18-27-19(30-21(2,3)13-12-14-22(30,4)5)29-20(28-18)31-23(6,7)15-17(25-10)16-24(31,8)9/h17H,10-16H2,1-9H3,(H,26,27,28,29). The quantitative estimate of drug-likeness (QED) is 0.659. The number of hydrogen-bond acceptors (Lipinski definition) is 7. The molecule has 174 valence electrons. The minimum absolute atomic E-state index is 0.0192. The average Bonchev–Trinajstić information content (AvgIpc) is 2.58. The third-order valence-corrected chi connectivity index (χ3v) is 7.07. The zero-order valence-corrected chi connectivity index (χ0v) is 21.2. The van der Waals surface area contributed by atoms with Crippen LogP contribution in [0.2, 0.25) is 0 Å². The molecule has 7 heteroatoms. The van der Waals surface area contributed by atoms with Crippen LogP contribution >= 0.6 is 0 Å². The van der Waals surface area contributed by atoms with E-state index >= 15 is 0 Å². The van der Waals surface area contributed by atoms with Crippen LogP contribution in [0.4, 0.5) is 17.8 Å². The minimum Gasteiger partial charge on any atom is -0.354 e. The first-order chi connectivity index (χ1) is 14.2. The van der Waals surface area contributed by atoms with Gasteiger partial charge in [-0.3, -0.25) is 4.99 Å². The summed E-state index contributed by atoms with van der Waals surface area (Å²) in [7, 11) is 0. The molecular formula is C24H43N7. The molecule has 3 rings (SSSR count). The van der Waals surface area contributed by atoms with E-state index < -0.39 is 0 Å². The lowest BCUT2D eigenvalue weighted by Gasteiger charge is -2.55. The van der Waals surface area contributed by atoms with E-state index in [1.54, 1.807) is 0 Å². The number of piperidine rings is 2. The summed E-state index contributed by atoms with van der Waals surface area (Å²) in [5.41, 5.74) is -0.339. The van der Waals surface area contributed by atoms with E-state index in [0.29, 0.717) is 5.95 Å². The van der Waals surface area contributed by atoms with Gasteiger partial charge in [0.2, 0.25) is 17.8 Å². The van der Waals surface area contributed by atoms with Crippen LogP contribution in [-0.2, 0) is 0 Å². The van der Waals surface area contributed by atoms with Gasteiger partial charge in [0.25, 0.3) is 0 Å². The molecule has 0 amide bonds. The Hall–Kier alpha value is -1.92. The summed E-state index contributed by atoms with van der Waals surface area (Å²) in [5.74, 6) is 2.16. The summed E-state index contributed by atoms with van der Waals surface area (Å²) in [5, 5.41) is 3.35. The smallest absolute Gasteiger partial charge is 0.232 e. The molecule has 1 aromatic rings. The van der Waals surface area contributed by atoms with Crippen molar-refractivity contribution >= 4 is 24.6 Å². The van der Waals surface area contributed by atoms with Crippen molar-refractivity contribution in [3.05, 3.63) is 0 Å². The Morgan fingerprint density at radius 1 is 0.839 bits per heavy atom. The van der Waals surface area contributed by atoms with E-state index in [0.717, 1.165) is 44.1 Å². The van der Waals surface area contributed by atoms with E-state index in [9.17, 15) is 0 Å². The molecule has 0 saturated carbocycles. The van der Waals surface area contributed by atoms with Crippen LogP contribution in [0.25, 0.3) is 0 Å². The Balaban J connectivity index is 2.16. The second kappa shape index (κ2) is 7.89. The van der Waals surface area contributed by atoms with Gasteiger partial charge in [-0.1, -0.05) is 0 Å². The number of aromatic nitrogens is 3. The molecule has 2 aliphatic heterocycles. The molecular weight excluding hydrogens is 386 g/mol. The van der Waals surface area contributed by atoms with Crippen molar-refractivity contribution in [1.82, 2.24) is 15.0 Å². The van der Waals surface area contributed by atoms with Gasteiger partial charge in [0, 0.05) is 28.7 Å². The molecule has 0 atom stereocenters. The van der Waals surface area contributed by atoms with Gasteiger partial charge in [-0.2, -0.15) is 15.0 Å². The minimum atomic E-state index is -0.150. The lowest BCUT2D eigenvalue weighted by Crippen LogP contribution is -2.63. The van der Waals surface area contributed by atoms with Crippen molar-refractivity contribution in [1.29, 1.82) is 0 Å². The molecule has 0 bridgehead atoms. The first-order valence-electron chi connectivity index (χ1n) is 11.8. The van der Waals surface area contributed by atoms with E-state index in [2.05, 4.69) is 89.1 Å². The predicted molar refractivity (Wildman–Crippen MR) is 132 cm³/mol. The molecule has 2 fully saturated rings. The fraction of sp³-hybridized carbons (Fsp3) is 0.833. The zero-order valence-electron chi connectivity index (χ0n) is 21.2. The molecule has 0 radical (unpaired) electrons. The summed E-state index contributed by atoms with van der Waals surface area (Å²) in [6, 6.07) is 0.246. The van der Waals surface area contributed by atoms with E-state index in [4.69, 9.17) is 15.0 Å². The lowest BCUT2D eigenvalue weighted by molar-refractivity contribution is 0.216. The monoisotopic (exact) mass is 429 g/mol. The van der Waals surface area contributed by atoms with Gasteiger partial charge in [0.1, 0.15) is 0 Å². The van der Waals surface area contributed by atoms with Crippen LogP contribution in [0.15, 0.2) is 4.99 Å². The third kappa shape index (κ3) is 4.51. The lowest BCUT2D eigenvalue weighted by atomic mass is 9.77. The first-order valence-corrected chi connectivity index (χ1v) is 11.8. The molecule has 2 aliphatic rings. The average molecular weight is 430 g/mol. The fourth-order valence-corrected chi connectivity index (χ4v) is 6.23. The van der Waals surface area contributed by atoms with Crippen molar-refractivity contribution in [3.8, 4) is 0 Å². The van der Waals surface area contributed by atoms with Crippen molar-refractivity contribution in [3.63, 3.8) is 0 Å². The Labute approximate surface area is 189 Å². The molecule has 1 N–H and O–H groups in total. The largest absolute Gasteiger partial charge is 0.354 e. The zero-order chi connectivity index (χ0) is 23.2. The van der Waals surface area contributed by atoms with E-state index in [1.165, 1.54) is 6.42 Å². The Morgan fingerprint density at radius 3 is 1.71 bits per heavy atom. The topological polar surface area (TPSA) is 69.5 Å². The first kappa shape index (κ1) is 23.7. The second-order valence-electron chi connectivity index (χ2n) is 11.8. The number of anilines is 3. The van der Waals surface area contributed by atoms with Crippen LogP contribution in [0.1, 0.15) is 94.4 Å². The van der Waals surface area contributed by atoms with Crippen LogP contribution in [0, 0.1) is 0 Å². The summed E-state index contributed by atoms with van der Waals surface area (Å²) in [4.78, 5) is 24.1. The maximum atomic E-state index is 5.14. The molecule has 7 nitrogen and oxygen atoms in total. The van der Waals surface area contributed by atoms with Crippen LogP contribution in [-0.4, -0.2) is 56.4 Å². The molecule has 0 spiro atoms. The Morgan fingerprint density at radius 2 is 1.29 bits per heavy atom. The van der Waals surface area contributed by atoms with Gasteiger partial charge in [-0.15, -0.1) is 0 Å². The molecule has 3 heterocycles. The highest BCUT2D eigenvalue weighted by Crippen LogP contribution is 2.44. The Kier molecular flexibility index (Phi) is 6.04. The van der Waals surface area contributed by atoms with Gasteiger partial charge in [-0.25, -0.2) is 0 Å². The fourth-order valence-electron chi connectivity index (χ4n) is 6.23. The second-order valence-corrected chi connectivity index (χ2v) is 11.8. The van der Waals surface area contributed by atoms with Crippen molar-refractivity contribution in [2.75, 3.05) is 21.7 Å². The summed E-state index contributed by atoms with van der Waals surface area (Å²) in [6.45, 7) is 24.9. The molecule has 31 heavy (non-hydrogen) atoms. The highest BCUT2D eigenvalue weighted by atomic mass is 15.4. The summed E-state index contributed by atoms with van der Waals surface area (Å²) < 4.78 is 0. The van der Waals surface area contributed by atoms with E-state index in [1.807, 2.05) is 0 Å². The highest BCUT2D eigenvalue weighted by molar-refractivity contribution is 5.52. The molecule has 0 aliphatic carbocycles. The number of aliphatic imine (C=N–C) groups is 1. The van der Waals surface area contributed by atoms with Crippen molar-refractivity contribution in [2.24, 2.45) is 4.99 Å². The van der Waals surface area contributed by atoms with Crippen LogP contribution in [0.3, 0.4) is 0 Å². The van der Waals surface area contributed by atoms with Gasteiger partial charge in [-0.05, 0) is 101 Å². The maximum Gasteiger partial charge on any atom is 0.232 e. The van der Waals surface area contributed by atoms with Gasteiger partial charge < -0.3 is 15.1 Å². The molecule has 0 unspecified atom stereocenters. The normalized spacial score (nSPS) is 24.7. The predicted octanol–water partition coefficient (Wildman–Crippen LogP) is 5.08. The van der Waals surface area contributed by atoms with Gasteiger partial charge >= 0.3 is 0 Å². The highest BCUT2D eigenvalue weighted by Gasteiger charge is 2.48. The van der Waals surface area contributed by atoms with Crippen LogP contribution in [0.5, 0.6) is 0 Å². The van der Waals surface area contributed by atoms with Gasteiger partial charge in [0.05, 0.1) is 6.04 Å². The van der Waals surface area contributed by atoms with Crippen LogP contribution < -0.4 is 15.1 Å². The van der Waals surface area contributed by atoms with Crippen molar-refractivity contribution in [2.45, 2.75) is 123 Å². The Bertz CT molecular complexity index is 778. The molecule has 0 aromatic carbocycles. The summed E-state index contributed by atoms with van der Waals surface area (Å²) in [6.07, 6.45) is 5.33. The molecule has 2 saturated heterocycles.